The first kappa shape index (κ1) is 15.4. The Morgan fingerprint density at radius 1 is 1.35 bits per heavy atom. The van der Waals surface area contributed by atoms with Crippen molar-refractivity contribution in [3.8, 4) is 0 Å². The molecule has 0 spiro atoms. The molecule has 6 heteroatoms. The molecule has 112 valence electrons. The zero-order chi connectivity index (χ0) is 14.9. The number of halogens is 3. The van der Waals surface area contributed by atoms with Crippen LogP contribution in [0.15, 0.2) is 6.07 Å². The first-order valence-electron chi connectivity index (χ1n) is 6.72. The lowest BCUT2D eigenvalue weighted by molar-refractivity contribution is -0.183. The van der Waals surface area contributed by atoms with E-state index in [0.29, 0.717) is 17.7 Å². The summed E-state index contributed by atoms with van der Waals surface area (Å²) in [6, 6.07) is 1.42. The van der Waals surface area contributed by atoms with Crippen LogP contribution in [0.25, 0.3) is 0 Å². The van der Waals surface area contributed by atoms with E-state index in [9.17, 15) is 18.0 Å². The second-order valence-electron chi connectivity index (χ2n) is 5.43. The lowest BCUT2D eigenvalue weighted by Gasteiger charge is -2.30. The van der Waals surface area contributed by atoms with Gasteiger partial charge in [-0.05, 0) is 44.7 Å². The number of rotatable bonds is 2. The quantitative estimate of drug-likeness (QED) is 0.871. The lowest BCUT2D eigenvalue weighted by atomic mass is 9.85. The fourth-order valence-corrected chi connectivity index (χ4v) is 3.50. The fraction of sp³-hybridized carbons (Fsp3) is 0.643. The van der Waals surface area contributed by atoms with Gasteiger partial charge in [-0.1, -0.05) is 6.42 Å². The van der Waals surface area contributed by atoms with Crippen molar-refractivity contribution in [3.05, 3.63) is 21.4 Å². The molecule has 0 radical (unpaired) electrons. The van der Waals surface area contributed by atoms with Crippen molar-refractivity contribution in [2.45, 2.75) is 51.7 Å². The van der Waals surface area contributed by atoms with E-state index >= 15 is 0 Å². The van der Waals surface area contributed by atoms with E-state index in [2.05, 4.69) is 5.32 Å². The summed E-state index contributed by atoms with van der Waals surface area (Å²) >= 11 is 1.38. The van der Waals surface area contributed by atoms with E-state index in [4.69, 9.17) is 0 Å². The van der Waals surface area contributed by atoms with Gasteiger partial charge in [-0.2, -0.15) is 13.2 Å². The van der Waals surface area contributed by atoms with E-state index in [0.717, 1.165) is 10.4 Å². The first-order valence-corrected chi connectivity index (χ1v) is 7.53. The van der Waals surface area contributed by atoms with Crippen molar-refractivity contribution in [1.82, 2.24) is 5.32 Å². The predicted molar refractivity (Wildman–Crippen MR) is 73.1 cm³/mol. The Kier molecular flexibility index (Phi) is 4.42. The minimum absolute atomic E-state index is 0.00141. The summed E-state index contributed by atoms with van der Waals surface area (Å²) < 4.78 is 38.2. The van der Waals surface area contributed by atoms with Crippen molar-refractivity contribution in [2.24, 2.45) is 5.92 Å². The van der Waals surface area contributed by atoms with E-state index in [1.165, 1.54) is 11.3 Å². The Bertz CT molecular complexity index is 476. The molecule has 0 saturated heterocycles. The molecule has 1 N–H and O–H groups in total. The topological polar surface area (TPSA) is 29.1 Å². The van der Waals surface area contributed by atoms with E-state index in [1.807, 2.05) is 13.8 Å². The summed E-state index contributed by atoms with van der Waals surface area (Å²) in [5, 5.41) is 2.75. The maximum atomic E-state index is 12.7. The zero-order valence-electron chi connectivity index (χ0n) is 11.5. The van der Waals surface area contributed by atoms with Crippen LogP contribution in [0.1, 0.15) is 45.8 Å². The summed E-state index contributed by atoms with van der Waals surface area (Å²) in [7, 11) is 0. The number of amides is 1. The molecule has 0 aromatic carbocycles. The number of alkyl halides is 3. The third-order valence-corrected chi connectivity index (χ3v) is 5.01. The molecule has 2 unspecified atom stereocenters. The van der Waals surface area contributed by atoms with E-state index in [-0.39, 0.29) is 24.8 Å². The summed E-state index contributed by atoms with van der Waals surface area (Å²) in [6.45, 7) is 3.85. The molecule has 1 aliphatic carbocycles. The highest BCUT2D eigenvalue weighted by atomic mass is 32.1. The molecule has 1 saturated carbocycles. The second-order valence-corrected chi connectivity index (χ2v) is 6.68. The summed E-state index contributed by atoms with van der Waals surface area (Å²) in [6.07, 6.45) is -2.84. The van der Waals surface area contributed by atoms with Gasteiger partial charge in [0.25, 0.3) is 5.91 Å². The molecule has 1 heterocycles. The molecule has 0 aliphatic heterocycles. The summed E-state index contributed by atoms with van der Waals surface area (Å²) in [5.41, 5.74) is 1.04. The third-order valence-electron chi connectivity index (χ3n) is 3.86. The van der Waals surface area contributed by atoms with Gasteiger partial charge in [-0.15, -0.1) is 11.3 Å². The van der Waals surface area contributed by atoms with Gasteiger partial charge < -0.3 is 5.32 Å². The SMILES string of the molecule is Cc1cc(C(=O)NC2CCCC(C(F)(F)F)C2)sc1C. The van der Waals surface area contributed by atoms with Gasteiger partial charge in [-0.25, -0.2) is 0 Å². The largest absolute Gasteiger partial charge is 0.391 e. The molecular formula is C14H18F3NOS. The normalized spacial score (nSPS) is 23.6. The van der Waals surface area contributed by atoms with Crippen LogP contribution >= 0.6 is 11.3 Å². The van der Waals surface area contributed by atoms with Crippen LogP contribution in [-0.2, 0) is 0 Å². The highest BCUT2D eigenvalue weighted by Crippen LogP contribution is 2.37. The van der Waals surface area contributed by atoms with Crippen LogP contribution < -0.4 is 5.32 Å². The Hall–Kier alpha value is -1.04. The molecule has 2 atom stereocenters. The van der Waals surface area contributed by atoms with Crippen LogP contribution in [0, 0.1) is 19.8 Å². The van der Waals surface area contributed by atoms with Crippen molar-refractivity contribution < 1.29 is 18.0 Å². The highest BCUT2D eigenvalue weighted by molar-refractivity contribution is 7.14. The number of thiophene rings is 1. The summed E-state index contributed by atoms with van der Waals surface area (Å²) in [4.78, 5) is 13.7. The molecule has 2 nitrogen and oxygen atoms in total. The van der Waals surface area contributed by atoms with Crippen LogP contribution in [0.3, 0.4) is 0 Å². The smallest absolute Gasteiger partial charge is 0.349 e. The first-order chi connectivity index (χ1) is 9.27. The average Bonchev–Trinajstić information content (AvgIpc) is 2.69. The Balaban J connectivity index is 1.97. The van der Waals surface area contributed by atoms with E-state index < -0.39 is 12.1 Å². The fourth-order valence-electron chi connectivity index (χ4n) is 2.56. The number of carbonyl (C=O) groups excluding carboxylic acids is 1. The Labute approximate surface area is 120 Å². The molecule has 0 bridgehead atoms. The van der Waals surface area contributed by atoms with Gasteiger partial charge >= 0.3 is 6.18 Å². The van der Waals surface area contributed by atoms with Gasteiger partial charge in [0.05, 0.1) is 10.8 Å². The minimum atomic E-state index is -4.15. The second kappa shape index (κ2) is 5.76. The van der Waals surface area contributed by atoms with Gasteiger partial charge in [0.15, 0.2) is 0 Å². The molecule has 20 heavy (non-hydrogen) atoms. The number of carbonyl (C=O) groups is 1. The lowest BCUT2D eigenvalue weighted by Crippen LogP contribution is -2.41. The highest BCUT2D eigenvalue weighted by Gasteiger charge is 2.42. The molecule has 1 amide bonds. The van der Waals surface area contributed by atoms with Crippen LogP contribution in [0.2, 0.25) is 0 Å². The number of nitrogens with one attached hydrogen (secondary N) is 1. The van der Waals surface area contributed by atoms with Crippen molar-refractivity contribution in [3.63, 3.8) is 0 Å². The summed E-state index contributed by atoms with van der Waals surface area (Å²) in [5.74, 6) is -1.53. The maximum absolute atomic E-state index is 12.7. The van der Waals surface area contributed by atoms with Crippen LogP contribution in [-0.4, -0.2) is 18.1 Å². The number of aryl methyl sites for hydroxylation is 2. The van der Waals surface area contributed by atoms with Gasteiger partial charge in [-0.3, -0.25) is 4.79 Å². The van der Waals surface area contributed by atoms with Crippen molar-refractivity contribution in [2.75, 3.05) is 0 Å². The molecule has 1 aliphatic rings. The number of hydrogen-bond acceptors (Lipinski definition) is 2. The van der Waals surface area contributed by atoms with Gasteiger partial charge in [0.1, 0.15) is 0 Å². The standard InChI is InChI=1S/C14H18F3NOS/c1-8-6-12(20-9(8)2)13(19)18-11-5-3-4-10(7-11)14(15,16)17/h6,10-11H,3-5,7H2,1-2H3,(H,18,19). The van der Waals surface area contributed by atoms with Crippen molar-refractivity contribution in [1.29, 1.82) is 0 Å². The van der Waals surface area contributed by atoms with Gasteiger partial charge in [0, 0.05) is 10.9 Å². The van der Waals surface area contributed by atoms with Crippen LogP contribution in [0.4, 0.5) is 13.2 Å². The third kappa shape index (κ3) is 3.53. The predicted octanol–water partition coefficient (Wildman–Crippen LogP) is 4.22. The van der Waals surface area contributed by atoms with E-state index in [1.54, 1.807) is 6.07 Å². The molecule has 1 fully saturated rings. The Morgan fingerprint density at radius 2 is 2.05 bits per heavy atom. The Morgan fingerprint density at radius 3 is 2.60 bits per heavy atom. The minimum Gasteiger partial charge on any atom is -0.349 e. The number of hydrogen-bond donors (Lipinski definition) is 1. The molecule has 1 aromatic rings. The molecule has 1 aromatic heterocycles. The zero-order valence-corrected chi connectivity index (χ0v) is 12.3. The molecular weight excluding hydrogens is 287 g/mol. The maximum Gasteiger partial charge on any atom is 0.391 e. The monoisotopic (exact) mass is 305 g/mol. The van der Waals surface area contributed by atoms with Crippen molar-refractivity contribution >= 4 is 17.2 Å². The average molecular weight is 305 g/mol. The van der Waals surface area contributed by atoms with Gasteiger partial charge in [0.2, 0.25) is 0 Å². The molecule has 2 rings (SSSR count). The van der Waals surface area contributed by atoms with Crippen LogP contribution in [0.5, 0.6) is 0 Å².